The number of carbonyl (C=O) groups excluding carboxylic acids is 1. The summed E-state index contributed by atoms with van der Waals surface area (Å²) in [6, 6.07) is 1.82. The van der Waals surface area contributed by atoms with Crippen LogP contribution in [0.1, 0.15) is 36.0 Å². The fraction of sp³-hybridized carbons (Fsp3) is 0.643. The molecule has 0 bridgehead atoms. The quantitative estimate of drug-likeness (QED) is 0.753. The Morgan fingerprint density at radius 1 is 1.44 bits per heavy atom. The lowest BCUT2D eigenvalue weighted by Gasteiger charge is -2.27. The van der Waals surface area contributed by atoms with Crippen molar-refractivity contribution in [3.8, 4) is 0 Å². The fourth-order valence-corrected chi connectivity index (χ4v) is 2.41. The van der Waals surface area contributed by atoms with Crippen LogP contribution in [0.3, 0.4) is 0 Å². The lowest BCUT2D eigenvalue weighted by atomic mass is 9.95. The molecule has 1 fully saturated rings. The van der Waals surface area contributed by atoms with Gasteiger partial charge in [-0.2, -0.15) is 0 Å². The largest absolute Gasteiger partial charge is 0.381 e. The van der Waals surface area contributed by atoms with E-state index < -0.39 is 0 Å². The maximum absolute atomic E-state index is 11.9. The molecule has 2 rings (SSSR count). The van der Waals surface area contributed by atoms with E-state index in [9.17, 15) is 4.79 Å². The highest BCUT2D eigenvalue weighted by Crippen LogP contribution is 2.23. The SMILES string of the molecule is COC1CCCC(OCC(=O)c2ccn(C)c2)C1. The summed E-state index contributed by atoms with van der Waals surface area (Å²) in [5.74, 6) is 0.0511. The van der Waals surface area contributed by atoms with Gasteiger partial charge in [0, 0.05) is 32.1 Å². The Labute approximate surface area is 108 Å². The first-order valence-electron chi connectivity index (χ1n) is 6.48. The third kappa shape index (κ3) is 3.43. The molecule has 1 aliphatic carbocycles. The van der Waals surface area contributed by atoms with Crippen LogP contribution in [0.5, 0.6) is 0 Å². The Balaban J connectivity index is 1.79. The number of Topliss-reactive ketones (excluding diaryl/α,β-unsaturated/α-hetero) is 1. The normalized spacial score (nSPS) is 24.1. The number of ketones is 1. The molecule has 100 valence electrons. The molecule has 1 aromatic heterocycles. The summed E-state index contributed by atoms with van der Waals surface area (Å²) in [4.78, 5) is 11.9. The number of carbonyl (C=O) groups is 1. The molecular weight excluding hydrogens is 230 g/mol. The molecule has 2 unspecified atom stereocenters. The van der Waals surface area contributed by atoms with Crippen LogP contribution >= 0.6 is 0 Å². The molecular formula is C14H21NO3. The molecule has 0 N–H and O–H groups in total. The van der Waals surface area contributed by atoms with Gasteiger partial charge in [0.1, 0.15) is 6.61 Å². The second kappa shape index (κ2) is 6.16. The summed E-state index contributed by atoms with van der Waals surface area (Å²) in [6.45, 7) is 0.172. The van der Waals surface area contributed by atoms with Crippen molar-refractivity contribution in [1.82, 2.24) is 4.57 Å². The molecule has 4 heteroatoms. The minimum atomic E-state index is 0.0511. The number of methoxy groups -OCH3 is 1. The summed E-state index contributed by atoms with van der Waals surface area (Å²) in [5, 5.41) is 0. The number of ether oxygens (including phenoxy) is 2. The van der Waals surface area contributed by atoms with E-state index >= 15 is 0 Å². The van der Waals surface area contributed by atoms with E-state index in [-0.39, 0.29) is 24.6 Å². The molecule has 1 heterocycles. The third-order valence-corrected chi connectivity index (χ3v) is 3.52. The van der Waals surface area contributed by atoms with E-state index in [0.29, 0.717) is 0 Å². The van der Waals surface area contributed by atoms with Gasteiger partial charge < -0.3 is 14.0 Å². The number of hydrogen-bond donors (Lipinski definition) is 0. The molecule has 1 aromatic rings. The van der Waals surface area contributed by atoms with Gasteiger partial charge in [0.15, 0.2) is 5.78 Å². The van der Waals surface area contributed by atoms with E-state index in [1.54, 1.807) is 7.11 Å². The monoisotopic (exact) mass is 251 g/mol. The Hall–Kier alpha value is -1.13. The molecule has 0 spiro atoms. The van der Waals surface area contributed by atoms with Crippen molar-refractivity contribution in [2.24, 2.45) is 7.05 Å². The van der Waals surface area contributed by atoms with E-state index in [0.717, 1.165) is 31.2 Å². The van der Waals surface area contributed by atoms with Crippen LogP contribution in [0.2, 0.25) is 0 Å². The van der Waals surface area contributed by atoms with E-state index in [1.807, 2.05) is 30.1 Å². The Morgan fingerprint density at radius 2 is 2.22 bits per heavy atom. The number of rotatable bonds is 5. The van der Waals surface area contributed by atoms with Gasteiger partial charge in [-0.3, -0.25) is 4.79 Å². The number of aryl methyl sites for hydroxylation is 1. The highest BCUT2D eigenvalue weighted by molar-refractivity contribution is 5.96. The molecule has 0 aliphatic heterocycles. The highest BCUT2D eigenvalue weighted by Gasteiger charge is 2.23. The lowest BCUT2D eigenvalue weighted by Crippen LogP contribution is -2.29. The molecule has 0 aromatic carbocycles. The van der Waals surface area contributed by atoms with Gasteiger partial charge in [-0.25, -0.2) is 0 Å². The van der Waals surface area contributed by atoms with Crippen LogP contribution in [0, 0.1) is 0 Å². The van der Waals surface area contributed by atoms with Crippen LogP contribution < -0.4 is 0 Å². The van der Waals surface area contributed by atoms with Crippen molar-refractivity contribution in [2.75, 3.05) is 13.7 Å². The summed E-state index contributed by atoms with van der Waals surface area (Å²) in [6.07, 6.45) is 8.29. The predicted molar refractivity (Wildman–Crippen MR) is 68.7 cm³/mol. The minimum absolute atomic E-state index is 0.0511. The second-order valence-corrected chi connectivity index (χ2v) is 4.95. The number of hydrogen-bond acceptors (Lipinski definition) is 3. The van der Waals surface area contributed by atoms with Gasteiger partial charge in [0.2, 0.25) is 0 Å². The second-order valence-electron chi connectivity index (χ2n) is 4.95. The van der Waals surface area contributed by atoms with Crippen molar-refractivity contribution in [2.45, 2.75) is 37.9 Å². The Bertz CT molecular complexity index is 399. The van der Waals surface area contributed by atoms with E-state index in [1.165, 1.54) is 0 Å². The number of aromatic nitrogens is 1. The molecule has 18 heavy (non-hydrogen) atoms. The summed E-state index contributed by atoms with van der Waals surface area (Å²) >= 11 is 0. The molecule has 0 radical (unpaired) electrons. The Morgan fingerprint density at radius 3 is 2.89 bits per heavy atom. The third-order valence-electron chi connectivity index (χ3n) is 3.52. The van der Waals surface area contributed by atoms with Crippen LogP contribution in [0.25, 0.3) is 0 Å². The first-order valence-corrected chi connectivity index (χ1v) is 6.48. The van der Waals surface area contributed by atoms with Crippen LogP contribution in [-0.4, -0.2) is 36.3 Å². The van der Waals surface area contributed by atoms with Crippen LogP contribution in [-0.2, 0) is 16.5 Å². The summed E-state index contributed by atoms with van der Waals surface area (Å²) in [5.41, 5.74) is 0.719. The average molecular weight is 251 g/mol. The first kappa shape index (κ1) is 13.3. The molecule has 1 aliphatic rings. The van der Waals surface area contributed by atoms with Gasteiger partial charge in [0.05, 0.1) is 12.2 Å². The summed E-state index contributed by atoms with van der Waals surface area (Å²) < 4.78 is 12.9. The first-order chi connectivity index (χ1) is 8.69. The minimum Gasteiger partial charge on any atom is -0.381 e. The maximum atomic E-state index is 11.9. The fourth-order valence-electron chi connectivity index (χ4n) is 2.41. The summed E-state index contributed by atoms with van der Waals surface area (Å²) in [7, 11) is 3.64. The smallest absolute Gasteiger partial charge is 0.189 e. The van der Waals surface area contributed by atoms with Crippen molar-refractivity contribution < 1.29 is 14.3 Å². The van der Waals surface area contributed by atoms with Gasteiger partial charge in [0.25, 0.3) is 0 Å². The van der Waals surface area contributed by atoms with Gasteiger partial charge in [-0.1, -0.05) is 0 Å². The van der Waals surface area contributed by atoms with Crippen LogP contribution in [0.4, 0.5) is 0 Å². The molecule has 1 saturated carbocycles. The predicted octanol–water partition coefficient (Wildman–Crippen LogP) is 2.18. The Kier molecular flexibility index (Phi) is 4.55. The average Bonchev–Trinajstić information content (AvgIpc) is 2.83. The van der Waals surface area contributed by atoms with Crippen molar-refractivity contribution in [3.05, 3.63) is 24.0 Å². The molecule has 0 amide bonds. The van der Waals surface area contributed by atoms with Crippen molar-refractivity contribution >= 4 is 5.78 Å². The van der Waals surface area contributed by atoms with Crippen molar-refractivity contribution in [1.29, 1.82) is 0 Å². The van der Waals surface area contributed by atoms with Gasteiger partial charge in [-0.15, -0.1) is 0 Å². The zero-order valence-electron chi connectivity index (χ0n) is 11.1. The maximum Gasteiger partial charge on any atom is 0.189 e. The molecule has 4 nitrogen and oxygen atoms in total. The topological polar surface area (TPSA) is 40.5 Å². The van der Waals surface area contributed by atoms with E-state index in [2.05, 4.69) is 0 Å². The zero-order valence-corrected chi connectivity index (χ0v) is 11.1. The van der Waals surface area contributed by atoms with Gasteiger partial charge >= 0.3 is 0 Å². The van der Waals surface area contributed by atoms with Crippen LogP contribution in [0.15, 0.2) is 18.5 Å². The zero-order chi connectivity index (χ0) is 13.0. The molecule has 2 atom stereocenters. The van der Waals surface area contributed by atoms with Crippen molar-refractivity contribution in [3.63, 3.8) is 0 Å². The molecule has 0 saturated heterocycles. The number of nitrogens with zero attached hydrogens (tertiary/aromatic N) is 1. The van der Waals surface area contributed by atoms with Gasteiger partial charge in [-0.05, 0) is 31.7 Å². The highest BCUT2D eigenvalue weighted by atomic mass is 16.5. The lowest BCUT2D eigenvalue weighted by molar-refractivity contribution is -0.0243. The van der Waals surface area contributed by atoms with E-state index in [4.69, 9.17) is 9.47 Å². The standard InChI is InChI=1S/C14H21NO3/c1-15-7-6-11(9-15)14(16)10-18-13-5-3-4-12(8-13)17-2/h6-7,9,12-13H,3-5,8,10H2,1-2H3.